The van der Waals surface area contributed by atoms with E-state index in [4.69, 9.17) is 5.26 Å². The van der Waals surface area contributed by atoms with Crippen LogP contribution in [0.1, 0.15) is 12.5 Å². The van der Waals surface area contributed by atoms with E-state index in [1.807, 2.05) is 0 Å². The lowest BCUT2D eigenvalue weighted by molar-refractivity contribution is -0.385. The quantitative estimate of drug-likeness (QED) is 0.622. The Hall–Kier alpha value is -2.14. The summed E-state index contributed by atoms with van der Waals surface area (Å²) in [7, 11) is -3.06. The second-order valence-corrected chi connectivity index (χ2v) is 6.24. The van der Waals surface area contributed by atoms with Crippen molar-refractivity contribution < 1.29 is 13.3 Å². The molecule has 8 heteroatoms. The molecule has 0 unspecified atom stereocenters. The fraction of sp³-hybridized carbons (Fsp3) is 0.364. The van der Waals surface area contributed by atoms with E-state index < -0.39 is 14.8 Å². The maximum Gasteiger partial charge on any atom is 0.287 e. The van der Waals surface area contributed by atoms with Gasteiger partial charge in [-0.1, -0.05) is 6.92 Å². The van der Waals surface area contributed by atoms with Gasteiger partial charge in [0.1, 0.15) is 11.6 Å². The van der Waals surface area contributed by atoms with Crippen LogP contribution in [0.15, 0.2) is 18.2 Å². The molecule has 7 nitrogen and oxygen atoms in total. The summed E-state index contributed by atoms with van der Waals surface area (Å²) in [6.45, 7) is 1.76. The first kappa shape index (κ1) is 14.9. The zero-order valence-corrected chi connectivity index (χ0v) is 11.1. The number of anilines is 1. The molecule has 0 heterocycles. The van der Waals surface area contributed by atoms with E-state index in [0.29, 0.717) is 5.69 Å². The molecule has 1 N–H and O–H groups in total. The van der Waals surface area contributed by atoms with Gasteiger partial charge in [-0.2, -0.15) is 5.26 Å². The number of benzene rings is 1. The van der Waals surface area contributed by atoms with Gasteiger partial charge < -0.3 is 5.32 Å². The standard InChI is InChI=1S/C11H13N3O4S/c1-2-19(17,18)6-5-13-10-3-4-11(14(15)16)9(7-10)8-12/h3-4,7,13H,2,5-6H2,1H3. The molecular formula is C11H13N3O4S. The lowest BCUT2D eigenvalue weighted by Gasteiger charge is -2.06. The van der Waals surface area contributed by atoms with Crippen LogP contribution in [-0.4, -0.2) is 31.4 Å². The molecule has 0 saturated heterocycles. The van der Waals surface area contributed by atoms with Crippen LogP contribution < -0.4 is 5.32 Å². The normalized spacial score (nSPS) is 10.7. The van der Waals surface area contributed by atoms with E-state index in [9.17, 15) is 18.5 Å². The third-order valence-corrected chi connectivity index (χ3v) is 4.20. The Labute approximate surface area is 110 Å². The molecule has 0 aliphatic rings. The van der Waals surface area contributed by atoms with Gasteiger partial charge in [0.15, 0.2) is 9.84 Å². The third kappa shape index (κ3) is 4.22. The summed E-state index contributed by atoms with van der Waals surface area (Å²) < 4.78 is 22.5. The highest BCUT2D eigenvalue weighted by Gasteiger charge is 2.14. The van der Waals surface area contributed by atoms with Crippen LogP contribution in [0.2, 0.25) is 0 Å². The van der Waals surface area contributed by atoms with Gasteiger partial charge >= 0.3 is 0 Å². The maximum absolute atomic E-state index is 11.3. The van der Waals surface area contributed by atoms with Gasteiger partial charge in [0, 0.05) is 24.1 Å². The predicted molar refractivity (Wildman–Crippen MR) is 70.6 cm³/mol. The van der Waals surface area contributed by atoms with Gasteiger partial charge in [-0.3, -0.25) is 10.1 Å². The van der Waals surface area contributed by atoms with Crippen molar-refractivity contribution in [3.8, 4) is 6.07 Å². The van der Waals surface area contributed by atoms with Crippen LogP contribution in [0.3, 0.4) is 0 Å². The average Bonchev–Trinajstić information content (AvgIpc) is 2.38. The summed E-state index contributed by atoms with van der Waals surface area (Å²) in [5.41, 5.74) is 0.149. The summed E-state index contributed by atoms with van der Waals surface area (Å²) in [4.78, 5) is 10.00. The van der Waals surface area contributed by atoms with Gasteiger partial charge in [-0.25, -0.2) is 8.42 Å². The largest absolute Gasteiger partial charge is 0.384 e. The topological polar surface area (TPSA) is 113 Å². The van der Waals surface area contributed by atoms with E-state index in [-0.39, 0.29) is 29.3 Å². The van der Waals surface area contributed by atoms with Gasteiger partial charge in [0.2, 0.25) is 0 Å². The highest BCUT2D eigenvalue weighted by Crippen LogP contribution is 2.21. The van der Waals surface area contributed by atoms with Crippen molar-refractivity contribution in [1.82, 2.24) is 0 Å². The minimum atomic E-state index is -3.06. The smallest absolute Gasteiger partial charge is 0.287 e. The summed E-state index contributed by atoms with van der Waals surface area (Å²) in [6, 6.07) is 5.72. The summed E-state index contributed by atoms with van der Waals surface area (Å²) in [5.74, 6) is 0.0424. The van der Waals surface area contributed by atoms with Crippen molar-refractivity contribution in [2.24, 2.45) is 0 Å². The van der Waals surface area contributed by atoms with Crippen molar-refractivity contribution in [3.05, 3.63) is 33.9 Å². The number of nitrogens with one attached hydrogen (secondary N) is 1. The Morgan fingerprint density at radius 3 is 2.68 bits per heavy atom. The summed E-state index contributed by atoms with van der Waals surface area (Å²) >= 11 is 0. The maximum atomic E-state index is 11.3. The fourth-order valence-corrected chi connectivity index (χ4v) is 2.09. The number of rotatable bonds is 6. The number of nitro groups is 1. The molecule has 0 spiro atoms. The summed E-state index contributed by atoms with van der Waals surface area (Å²) in [5, 5.41) is 22.3. The van der Waals surface area contributed by atoms with Crippen LogP contribution >= 0.6 is 0 Å². The van der Waals surface area contributed by atoms with E-state index in [0.717, 1.165) is 0 Å². The Morgan fingerprint density at radius 1 is 1.47 bits per heavy atom. The Kier molecular flexibility index (Phi) is 4.83. The van der Waals surface area contributed by atoms with Crippen LogP contribution in [-0.2, 0) is 9.84 Å². The average molecular weight is 283 g/mol. The molecule has 0 fully saturated rings. The molecule has 0 amide bonds. The van der Waals surface area contributed by atoms with Crippen molar-refractivity contribution in [2.45, 2.75) is 6.92 Å². The molecule has 0 radical (unpaired) electrons. The van der Waals surface area contributed by atoms with Crippen LogP contribution in [0.25, 0.3) is 0 Å². The van der Waals surface area contributed by atoms with Crippen LogP contribution in [0.4, 0.5) is 11.4 Å². The zero-order chi connectivity index (χ0) is 14.5. The third-order valence-electron chi connectivity index (χ3n) is 2.50. The van der Waals surface area contributed by atoms with Crippen molar-refractivity contribution in [3.63, 3.8) is 0 Å². The fourth-order valence-electron chi connectivity index (χ4n) is 1.39. The molecule has 1 aromatic carbocycles. The molecule has 102 valence electrons. The number of hydrogen-bond acceptors (Lipinski definition) is 6. The number of nitro benzene ring substituents is 1. The number of nitrogens with zero attached hydrogens (tertiary/aromatic N) is 2. The highest BCUT2D eigenvalue weighted by atomic mass is 32.2. The monoisotopic (exact) mass is 283 g/mol. The first-order valence-electron chi connectivity index (χ1n) is 5.52. The van der Waals surface area contributed by atoms with Crippen LogP contribution in [0, 0.1) is 21.4 Å². The molecule has 0 atom stereocenters. The zero-order valence-electron chi connectivity index (χ0n) is 10.3. The molecule has 0 aromatic heterocycles. The highest BCUT2D eigenvalue weighted by molar-refractivity contribution is 7.91. The van der Waals surface area contributed by atoms with Gasteiger partial charge in [0.05, 0.1) is 10.7 Å². The van der Waals surface area contributed by atoms with Gasteiger partial charge in [-0.05, 0) is 12.1 Å². The molecule has 0 aliphatic carbocycles. The van der Waals surface area contributed by atoms with E-state index >= 15 is 0 Å². The van der Waals surface area contributed by atoms with Crippen LogP contribution in [0.5, 0.6) is 0 Å². The first-order chi connectivity index (χ1) is 8.89. The molecule has 1 aromatic rings. The SMILES string of the molecule is CCS(=O)(=O)CCNc1ccc([N+](=O)[O-])c(C#N)c1. The minimum absolute atomic E-state index is 0.0254. The Balaban J connectivity index is 2.77. The summed E-state index contributed by atoms with van der Waals surface area (Å²) in [6.07, 6.45) is 0. The molecule has 0 saturated carbocycles. The second-order valence-electron chi connectivity index (χ2n) is 3.76. The Bertz CT molecular complexity index is 619. The van der Waals surface area contributed by atoms with Gasteiger partial charge in [-0.15, -0.1) is 0 Å². The van der Waals surface area contributed by atoms with Crippen molar-refractivity contribution in [1.29, 1.82) is 5.26 Å². The molecule has 1 rings (SSSR count). The number of sulfone groups is 1. The Morgan fingerprint density at radius 2 is 2.16 bits per heavy atom. The van der Waals surface area contributed by atoms with E-state index in [2.05, 4.69) is 5.32 Å². The number of nitriles is 1. The molecule has 0 bridgehead atoms. The van der Waals surface area contributed by atoms with Crippen molar-refractivity contribution >= 4 is 21.2 Å². The second kappa shape index (κ2) is 6.15. The first-order valence-corrected chi connectivity index (χ1v) is 7.34. The van der Waals surface area contributed by atoms with E-state index in [1.54, 1.807) is 13.0 Å². The predicted octanol–water partition coefficient (Wildman–Crippen LogP) is 1.31. The molecule has 19 heavy (non-hydrogen) atoms. The minimum Gasteiger partial charge on any atom is -0.384 e. The molecule has 0 aliphatic heterocycles. The lowest BCUT2D eigenvalue weighted by Crippen LogP contribution is -2.17. The van der Waals surface area contributed by atoms with Crippen molar-refractivity contribution in [2.75, 3.05) is 23.4 Å². The molecular weight excluding hydrogens is 270 g/mol. The number of hydrogen-bond donors (Lipinski definition) is 1. The van der Waals surface area contributed by atoms with E-state index in [1.165, 1.54) is 18.2 Å². The van der Waals surface area contributed by atoms with Gasteiger partial charge in [0.25, 0.3) is 5.69 Å². The lowest BCUT2D eigenvalue weighted by atomic mass is 10.2.